The first kappa shape index (κ1) is 20.4. The van der Waals surface area contributed by atoms with Gasteiger partial charge in [-0.05, 0) is 41.8 Å². The summed E-state index contributed by atoms with van der Waals surface area (Å²) in [4.78, 5) is 6.27. The fraction of sp³-hybridized carbons (Fsp3) is 0.320. The molecule has 1 atom stereocenters. The molecule has 150 valence electrons. The van der Waals surface area contributed by atoms with Crippen LogP contribution < -0.4 is 5.32 Å². The number of rotatable bonds is 10. The van der Waals surface area contributed by atoms with Crippen LogP contribution in [-0.2, 0) is 6.54 Å². The van der Waals surface area contributed by atoms with Crippen molar-refractivity contribution in [3.05, 3.63) is 94.2 Å². The molecule has 1 aromatic heterocycles. The third-order valence-electron chi connectivity index (χ3n) is 5.34. The molecular weight excluding hydrogens is 392 g/mol. The minimum atomic E-state index is 0.276. The Morgan fingerprint density at radius 1 is 0.897 bits per heavy atom. The monoisotopic (exact) mass is 420 g/mol. The van der Waals surface area contributed by atoms with E-state index in [9.17, 15) is 0 Å². The highest BCUT2D eigenvalue weighted by Gasteiger charge is 2.18. The first-order valence-corrected chi connectivity index (χ1v) is 12.3. The topological polar surface area (TPSA) is 24.4 Å². The smallest absolute Gasteiger partial charge is 0.110 e. The maximum atomic E-state index is 4.89. The molecule has 29 heavy (non-hydrogen) atoms. The zero-order valence-electron chi connectivity index (χ0n) is 16.7. The molecule has 1 aliphatic rings. The van der Waals surface area contributed by atoms with Gasteiger partial charge in [-0.15, -0.1) is 23.1 Å². The number of nitrogens with one attached hydrogen (secondary N) is 1. The maximum Gasteiger partial charge on any atom is 0.110 e. The van der Waals surface area contributed by atoms with Gasteiger partial charge < -0.3 is 0 Å². The molecule has 1 N–H and O–H groups in total. The lowest BCUT2D eigenvalue weighted by Crippen LogP contribution is -2.26. The maximum absolute atomic E-state index is 4.89. The number of benzene rings is 2. The first-order valence-electron chi connectivity index (χ1n) is 10.4. The second-order valence-electron chi connectivity index (χ2n) is 7.43. The predicted octanol–water partition coefficient (Wildman–Crippen LogP) is 6.70. The summed E-state index contributed by atoms with van der Waals surface area (Å²) in [6, 6.07) is 26.1. The molecule has 4 heteroatoms. The molecule has 0 bridgehead atoms. The van der Waals surface area contributed by atoms with Crippen LogP contribution in [0.5, 0.6) is 0 Å². The number of nitrogens with zero attached hydrogens (tertiary/aromatic N) is 1. The van der Waals surface area contributed by atoms with E-state index in [4.69, 9.17) is 4.99 Å². The van der Waals surface area contributed by atoms with Gasteiger partial charge in [0.25, 0.3) is 0 Å². The van der Waals surface area contributed by atoms with E-state index in [1.165, 1.54) is 40.3 Å². The fourth-order valence-electron chi connectivity index (χ4n) is 3.82. The SMILES string of the molecule is c1ccc(C(CCCCC2=NC(NCc3cccs3)CS2)c2ccccc2)cc1. The molecule has 1 aliphatic heterocycles. The van der Waals surface area contributed by atoms with Crippen LogP contribution in [0, 0.1) is 0 Å². The fourth-order valence-corrected chi connectivity index (χ4v) is 5.51. The molecule has 0 fully saturated rings. The lowest BCUT2D eigenvalue weighted by atomic mass is 9.87. The third kappa shape index (κ3) is 6.05. The summed E-state index contributed by atoms with van der Waals surface area (Å²) >= 11 is 3.74. The van der Waals surface area contributed by atoms with Gasteiger partial charge in [0.15, 0.2) is 0 Å². The Bertz CT molecular complexity index is 836. The largest absolute Gasteiger partial charge is 0.290 e. The van der Waals surface area contributed by atoms with Crippen LogP contribution in [0.4, 0.5) is 0 Å². The highest BCUT2D eigenvalue weighted by molar-refractivity contribution is 8.14. The Morgan fingerprint density at radius 2 is 1.62 bits per heavy atom. The Labute approximate surface area is 182 Å². The summed E-state index contributed by atoms with van der Waals surface area (Å²) < 4.78 is 0. The summed E-state index contributed by atoms with van der Waals surface area (Å²) in [5.74, 6) is 1.55. The van der Waals surface area contributed by atoms with Crippen molar-refractivity contribution in [2.75, 3.05) is 5.75 Å². The van der Waals surface area contributed by atoms with Gasteiger partial charge in [-0.1, -0.05) is 73.2 Å². The Kier molecular flexibility index (Phi) is 7.57. The first-order chi connectivity index (χ1) is 14.4. The van der Waals surface area contributed by atoms with Gasteiger partial charge in [0.1, 0.15) is 6.17 Å². The van der Waals surface area contributed by atoms with Crippen LogP contribution in [0.3, 0.4) is 0 Å². The van der Waals surface area contributed by atoms with Crippen LogP contribution in [0.25, 0.3) is 0 Å². The molecule has 0 amide bonds. The van der Waals surface area contributed by atoms with E-state index < -0.39 is 0 Å². The minimum Gasteiger partial charge on any atom is -0.290 e. The number of thioether (sulfide) groups is 1. The van der Waals surface area contributed by atoms with E-state index in [0.717, 1.165) is 18.7 Å². The molecule has 1 unspecified atom stereocenters. The summed E-state index contributed by atoms with van der Waals surface area (Å²) in [6.45, 7) is 0.926. The van der Waals surface area contributed by atoms with Crippen molar-refractivity contribution in [2.24, 2.45) is 4.99 Å². The molecule has 4 rings (SSSR count). The van der Waals surface area contributed by atoms with E-state index in [1.807, 2.05) is 11.8 Å². The summed E-state index contributed by atoms with van der Waals surface area (Å²) in [5.41, 5.74) is 2.84. The van der Waals surface area contributed by atoms with Crippen molar-refractivity contribution >= 4 is 28.1 Å². The van der Waals surface area contributed by atoms with Crippen molar-refractivity contribution in [3.63, 3.8) is 0 Å². The van der Waals surface area contributed by atoms with Crippen molar-refractivity contribution < 1.29 is 0 Å². The average Bonchev–Trinajstić information content (AvgIpc) is 3.45. The standard InChI is InChI=1S/C25H28N2S2/c1-3-10-20(11-4-1)23(21-12-5-2-6-13-21)15-7-8-16-25-27-24(19-29-25)26-18-22-14-9-17-28-22/h1-6,9-14,17,23-24,26H,7-8,15-16,18-19H2. The molecule has 0 saturated carbocycles. The lowest BCUT2D eigenvalue weighted by molar-refractivity contribution is 0.584. The van der Waals surface area contributed by atoms with Crippen molar-refractivity contribution in [2.45, 2.75) is 44.3 Å². The number of hydrogen-bond donors (Lipinski definition) is 1. The Balaban J connectivity index is 1.26. The van der Waals surface area contributed by atoms with E-state index in [2.05, 4.69) is 83.5 Å². The molecule has 0 spiro atoms. The molecule has 0 radical (unpaired) electrons. The van der Waals surface area contributed by atoms with Gasteiger partial charge in [-0.25, -0.2) is 0 Å². The number of unbranched alkanes of at least 4 members (excludes halogenated alkanes) is 1. The highest BCUT2D eigenvalue weighted by atomic mass is 32.2. The molecule has 2 heterocycles. The predicted molar refractivity (Wildman–Crippen MR) is 128 cm³/mol. The average molecular weight is 421 g/mol. The molecule has 2 nitrogen and oxygen atoms in total. The Hall–Kier alpha value is -1.88. The number of thiophene rings is 1. The van der Waals surface area contributed by atoms with Crippen LogP contribution in [0.2, 0.25) is 0 Å². The lowest BCUT2D eigenvalue weighted by Gasteiger charge is -2.18. The van der Waals surface area contributed by atoms with Crippen molar-refractivity contribution in [1.82, 2.24) is 5.32 Å². The molecule has 3 aromatic rings. The van der Waals surface area contributed by atoms with Crippen LogP contribution in [-0.4, -0.2) is 17.0 Å². The van der Waals surface area contributed by atoms with Crippen molar-refractivity contribution in [3.8, 4) is 0 Å². The zero-order valence-corrected chi connectivity index (χ0v) is 18.3. The van der Waals surface area contributed by atoms with Gasteiger partial charge in [0, 0.05) is 23.1 Å². The molecule has 0 aliphatic carbocycles. The van der Waals surface area contributed by atoms with Crippen LogP contribution in [0.15, 0.2) is 83.2 Å². The van der Waals surface area contributed by atoms with Crippen LogP contribution >= 0.6 is 23.1 Å². The van der Waals surface area contributed by atoms with Gasteiger partial charge in [0.2, 0.25) is 0 Å². The second-order valence-corrected chi connectivity index (χ2v) is 9.56. The summed E-state index contributed by atoms with van der Waals surface area (Å²) in [6.07, 6.45) is 5.00. The number of hydrogen-bond acceptors (Lipinski definition) is 4. The summed E-state index contributed by atoms with van der Waals surface area (Å²) in [7, 11) is 0. The zero-order chi connectivity index (χ0) is 19.7. The molecule has 2 aromatic carbocycles. The van der Waals surface area contributed by atoms with Gasteiger partial charge >= 0.3 is 0 Å². The normalized spacial score (nSPS) is 16.3. The van der Waals surface area contributed by atoms with E-state index in [1.54, 1.807) is 11.3 Å². The van der Waals surface area contributed by atoms with E-state index in [-0.39, 0.29) is 6.17 Å². The van der Waals surface area contributed by atoms with E-state index in [0.29, 0.717) is 5.92 Å². The molecule has 0 saturated heterocycles. The van der Waals surface area contributed by atoms with Crippen molar-refractivity contribution in [1.29, 1.82) is 0 Å². The Morgan fingerprint density at radius 3 is 2.28 bits per heavy atom. The third-order valence-corrected chi connectivity index (χ3v) is 7.34. The summed E-state index contributed by atoms with van der Waals surface area (Å²) in [5, 5.41) is 7.02. The van der Waals surface area contributed by atoms with E-state index >= 15 is 0 Å². The van der Waals surface area contributed by atoms with Gasteiger partial charge in [0.05, 0.1) is 5.04 Å². The highest BCUT2D eigenvalue weighted by Crippen LogP contribution is 2.30. The second kappa shape index (κ2) is 10.8. The minimum absolute atomic E-state index is 0.276. The number of aliphatic imine (C=N–C) groups is 1. The quantitative estimate of drug-likeness (QED) is 0.369. The van der Waals surface area contributed by atoms with Gasteiger partial charge in [-0.2, -0.15) is 0 Å². The molecular formula is C25H28N2S2. The van der Waals surface area contributed by atoms with Gasteiger partial charge in [-0.3, -0.25) is 10.3 Å². The van der Waals surface area contributed by atoms with Crippen LogP contribution in [0.1, 0.15) is 47.6 Å².